The molecule has 0 N–H and O–H groups in total. The van der Waals surface area contributed by atoms with Gasteiger partial charge < -0.3 is 14.7 Å². The second-order valence-corrected chi connectivity index (χ2v) is 23.5. The summed E-state index contributed by atoms with van der Waals surface area (Å²) in [5, 5.41) is 0. The van der Waals surface area contributed by atoms with Gasteiger partial charge >= 0.3 is 0 Å². The molecule has 3 aliphatic heterocycles. The van der Waals surface area contributed by atoms with E-state index >= 15 is 0 Å². The van der Waals surface area contributed by atoms with Gasteiger partial charge in [0.1, 0.15) is 0 Å². The van der Waals surface area contributed by atoms with Crippen LogP contribution in [0.15, 0.2) is 140 Å². The first-order chi connectivity index (χ1) is 31.2. The van der Waals surface area contributed by atoms with Crippen LogP contribution < -0.4 is 31.1 Å². The van der Waals surface area contributed by atoms with Crippen molar-refractivity contribution in [2.24, 2.45) is 0 Å². The maximum Gasteiger partial charge on any atom is 0.252 e. The summed E-state index contributed by atoms with van der Waals surface area (Å²) in [7, 11) is 0. The quantitative estimate of drug-likeness (QED) is 0.164. The van der Waals surface area contributed by atoms with E-state index in [0.717, 1.165) is 12.8 Å². The number of aryl methyl sites for hydroxylation is 3. The van der Waals surface area contributed by atoms with Crippen molar-refractivity contribution in [3.05, 3.63) is 184 Å². The topological polar surface area (TPSA) is 9.72 Å². The number of hydrogen-bond donors (Lipinski definition) is 0. The van der Waals surface area contributed by atoms with Crippen LogP contribution in [-0.4, -0.2) is 6.71 Å². The van der Waals surface area contributed by atoms with Gasteiger partial charge in [-0.15, -0.1) is 0 Å². The lowest BCUT2D eigenvalue weighted by molar-refractivity contribution is 0.245. The third-order valence-electron chi connectivity index (χ3n) is 16.3. The Hall–Kier alpha value is -6.00. The van der Waals surface area contributed by atoms with Crippen molar-refractivity contribution in [1.29, 1.82) is 0 Å². The molecule has 1 aliphatic carbocycles. The van der Waals surface area contributed by atoms with Crippen molar-refractivity contribution >= 4 is 68.6 Å². The summed E-state index contributed by atoms with van der Waals surface area (Å²) in [6, 6.07) is 54.9. The summed E-state index contributed by atoms with van der Waals surface area (Å²) < 4.78 is 0. The van der Waals surface area contributed by atoms with E-state index < -0.39 is 0 Å². The molecule has 0 bridgehead atoms. The predicted molar refractivity (Wildman–Crippen MR) is 284 cm³/mol. The maximum absolute atomic E-state index is 2.72. The molecule has 0 radical (unpaired) electrons. The molecule has 7 aromatic rings. The molecular weight excluding hydrogens is 798 g/mol. The van der Waals surface area contributed by atoms with E-state index in [2.05, 4.69) is 244 Å². The van der Waals surface area contributed by atoms with Crippen molar-refractivity contribution in [3.63, 3.8) is 0 Å². The Labute approximate surface area is 395 Å². The molecule has 0 amide bonds. The zero-order valence-electron chi connectivity index (χ0n) is 41.6. The third kappa shape index (κ3) is 6.08. The van der Waals surface area contributed by atoms with Gasteiger partial charge in [-0.25, -0.2) is 0 Å². The number of nitrogens with zero attached hydrogens (tertiary/aromatic N) is 3. The van der Waals surface area contributed by atoms with E-state index in [1.807, 2.05) is 0 Å². The van der Waals surface area contributed by atoms with Gasteiger partial charge in [0.2, 0.25) is 0 Å². The molecule has 4 heteroatoms. The molecule has 0 fully saturated rings. The van der Waals surface area contributed by atoms with Gasteiger partial charge in [-0.1, -0.05) is 154 Å². The van der Waals surface area contributed by atoms with Crippen LogP contribution in [0.4, 0.5) is 45.5 Å². The van der Waals surface area contributed by atoms with E-state index in [9.17, 15) is 0 Å². The number of anilines is 8. The number of fused-ring (bicyclic) bond motifs is 9. The summed E-state index contributed by atoms with van der Waals surface area (Å²) in [5.74, 6) is 0. The Morgan fingerprint density at radius 3 is 1.71 bits per heavy atom. The summed E-state index contributed by atoms with van der Waals surface area (Å²) >= 11 is 0. The first-order valence-electron chi connectivity index (χ1n) is 24.4. The van der Waals surface area contributed by atoms with Crippen LogP contribution in [0.3, 0.4) is 0 Å². The standard InChI is InChI=1S/C62H66BN3/c1-39-34-55-57-56(35-39)65(51-30-24-43(36-40(51)2)59(6,7)8)53-31-25-44(60(9,10)11)37-50(53)63(57)49-29-28-46(38-54(49)64(55)45-26-22-42(23-27-45)58(3,4)5)66-52-21-17-16-20-48(52)61(12)33-32-41-18-14-15-19-47(41)62(61,66)13/h14-31,34-38H,32-33H2,1-13H3. The minimum absolute atomic E-state index is 0.0228. The molecule has 2 unspecified atom stereocenters. The Kier molecular flexibility index (Phi) is 9.21. The van der Waals surface area contributed by atoms with E-state index in [1.54, 1.807) is 0 Å². The normalized spacial score (nSPS) is 19.5. The fraction of sp³-hybridized carbons (Fsp3) is 0.323. The van der Waals surface area contributed by atoms with Gasteiger partial charge in [0, 0.05) is 50.9 Å². The minimum atomic E-state index is -0.296. The lowest BCUT2D eigenvalue weighted by Crippen LogP contribution is -2.61. The monoisotopic (exact) mass is 864 g/mol. The van der Waals surface area contributed by atoms with E-state index in [1.165, 1.54) is 106 Å². The van der Waals surface area contributed by atoms with Gasteiger partial charge in [-0.05, 0) is 165 Å². The Balaban J connectivity index is 1.21. The van der Waals surface area contributed by atoms with Gasteiger partial charge in [-0.3, -0.25) is 0 Å². The average molecular weight is 864 g/mol. The Morgan fingerprint density at radius 2 is 1.05 bits per heavy atom. The molecule has 7 aromatic carbocycles. The summed E-state index contributed by atoms with van der Waals surface area (Å²) in [6.07, 6.45) is 2.19. The van der Waals surface area contributed by atoms with Crippen LogP contribution in [0.25, 0.3) is 0 Å². The fourth-order valence-corrected chi connectivity index (χ4v) is 12.4. The largest absolute Gasteiger partial charge is 0.330 e. The van der Waals surface area contributed by atoms with Crippen molar-refractivity contribution in [2.45, 2.75) is 130 Å². The van der Waals surface area contributed by atoms with Crippen LogP contribution in [0.2, 0.25) is 0 Å². The van der Waals surface area contributed by atoms with Crippen LogP contribution in [0, 0.1) is 13.8 Å². The van der Waals surface area contributed by atoms with Gasteiger partial charge in [0.25, 0.3) is 6.71 Å². The number of para-hydroxylation sites is 1. The number of hydrogen-bond acceptors (Lipinski definition) is 3. The SMILES string of the molecule is Cc1cc2c3c(c1)N(c1ccc(C(C)(C)C)cc1C)c1ccc(C(C)(C)C)cc1B3c1ccc(N3c4ccccc4C4(C)CCc5ccccc5C34C)cc1N2c1ccc(C(C)(C)C)cc1. The van der Waals surface area contributed by atoms with Gasteiger partial charge in [0.05, 0.1) is 5.54 Å². The smallest absolute Gasteiger partial charge is 0.252 e. The second-order valence-electron chi connectivity index (χ2n) is 23.5. The maximum atomic E-state index is 2.72. The summed E-state index contributed by atoms with van der Waals surface area (Å²) in [5.41, 5.74) is 24.7. The molecular formula is C62H66BN3. The molecule has 66 heavy (non-hydrogen) atoms. The molecule has 4 aliphatic rings. The van der Waals surface area contributed by atoms with Crippen LogP contribution in [0.1, 0.15) is 127 Å². The molecule has 0 saturated heterocycles. The fourth-order valence-electron chi connectivity index (χ4n) is 12.4. The third-order valence-corrected chi connectivity index (χ3v) is 16.3. The molecule has 0 spiro atoms. The van der Waals surface area contributed by atoms with E-state index in [-0.39, 0.29) is 33.9 Å². The molecule has 332 valence electrons. The summed E-state index contributed by atoms with van der Waals surface area (Å²) in [6.45, 7) is 30.6. The number of benzene rings is 7. The first kappa shape index (κ1) is 42.6. The van der Waals surface area contributed by atoms with Gasteiger partial charge in [0.15, 0.2) is 0 Å². The highest BCUT2D eigenvalue weighted by atomic mass is 15.3. The van der Waals surface area contributed by atoms with Crippen LogP contribution >= 0.6 is 0 Å². The van der Waals surface area contributed by atoms with Crippen LogP contribution in [0.5, 0.6) is 0 Å². The van der Waals surface area contributed by atoms with Gasteiger partial charge in [-0.2, -0.15) is 0 Å². The predicted octanol–water partition coefficient (Wildman–Crippen LogP) is 14.5. The van der Waals surface area contributed by atoms with Crippen molar-refractivity contribution in [3.8, 4) is 0 Å². The second kappa shape index (κ2) is 14.3. The molecule has 11 rings (SSSR count). The number of rotatable bonds is 3. The Bertz CT molecular complexity index is 3120. The summed E-state index contributed by atoms with van der Waals surface area (Å²) in [4.78, 5) is 7.92. The zero-order chi connectivity index (χ0) is 46.5. The molecule has 3 heterocycles. The van der Waals surface area contributed by atoms with Crippen LogP contribution in [-0.2, 0) is 33.6 Å². The first-order valence-corrected chi connectivity index (χ1v) is 24.4. The molecule has 0 saturated carbocycles. The van der Waals surface area contributed by atoms with Crippen molar-refractivity contribution in [1.82, 2.24) is 0 Å². The zero-order valence-corrected chi connectivity index (χ0v) is 41.6. The highest BCUT2D eigenvalue weighted by molar-refractivity contribution is 7.00. The average Bonchev–Trinajstić information content (AvgIpc) is 3.48. The molecule has 0 aromatic heterocycles. The lowest BCUT2D eigenvalue weighted by Gasteiger charge is -2.51. The minimum Gasteiger partial charge on any atom is -0.330 e. The highest BCUT2D eigenvalue weighted by Gasteiger charge is 2.60. The van der Waals surface area contributed by atoms with Crippen molar-refractivity contribution < 1.29 is 0 Å². The van der Waals surface area contributed by atoms with E-state index in [0.29, 0.717) is 0 Å². The van der Waals surface area contributed by atoms with Crippen molar-refractivity contribution in [2.75, 3.05) is 14.7 Å². The Morgan fingerprint density at radius 1 is 0.470 bits per heavy atom. The lowest BCUT2D eigenvalue weighted by atomic mass is 9.33. The van der Waals surface area contributed by atoms with E-state index in [4.69, 9.17) is 0 Å². The molecule has 2 atom stereocenters. The molecule has 3 nitrogen and oxygen atoms in total. The highest BCUT2D eigenvalue weighted by Crippen LogP contribution is 2.64.